The van der Waals surface area contributed by atoms with Crippen LogP contribution in [0.25, 0.3) is 0 Å². The van der Waals surface area contributed by atoms with Crippen molar-refractivity contribution in [3.05, 3.63) is 23.0 Å². The second-order valence-electron chi connectivity index (χ2n) is 6.44. The van der Waals surface area contributed by atoms with Gasteiger partial charge in [-0.1, -0.05) is 41.5 Å². The van der Waals surface area contributed by atoms with Crippen LogP contribution in [0.4, 0.5) is 4.39 Å². The molecule has 2 nitrogen and oxygen atoms in total. The van der Waals surface area contributed by atoms with Gasteiger partial charge in [0.25, 0.3) is 0 Å². The highest BCUT2D eigenvalue weighted by atomic mass is 19.1. The average Bonchev–Trinajstić information content (AvgIpc) is 2.07. The molecule has 0 fully saturated rings. The summed E-state index contributed by atoms with van der Waals surface area (Å²) < 4.78 is 14.4. The molecule has 0 atom stereocenters. The van der Waals surface area contributed by atoms with Crippen LogP contribution in [-0.4, -0.2) is 11.6 Å². The Bertz CT molecular complexity index is 440. The highest BCUT2D eigenvalue weighted by molar-refractivity contribution is 6.48. The molecule has 0 amide bonds. The fourth-order valence-corrected chi connectivity index (χ4v) is 1.83. The summed E-state index contributed by atoms with van der Waals surface area (Å²) >= 11 is 0. The Morgan fingerprint density at radius 3 is 1.76 bits per heavy atom. The minimum absolute atomic E-state index is 0.00470. The van der Waals surface area contributed by atoms with E-state index in [4.69, 9.17) is 0 Å². The Labute approximate surface area is 102 Å². The van der Waals surface area contributed by atoms with Gasteiger partial charge in [0, 0.05) is 5.57 Å². The maximum absolute atomic E-state index is 14.4. The van der Waals surface area contributed by atoms with Gasteiger partial charge in [0.1, 0.15) is 5.83 Å². The van der Waals surface area contributed by atoms with Crippen molar-refractivity contribution in [2.45, 2.75) is 41.5 Å². The van der Waals surface area contributed by atoms with E-state index in [1.54, 1.807) is 20.8 Å². The first-order valence-electron chi connectivity index (χ1n) is 5.67. The summed E-state index contributed by atoms with van der Waals surface area (Å²) in [5, 5.41) is 0. The van der Waals surface area contributed by atoms with Gasteiger partial charge < -0.3 is 0 Å². The summed E-state index contributed by atoms with van der Waals surface area (Å²) in [6, 6.07) is 0. The molecule has 1 aliphatic rings. The van der Waals surface area contributed by atoms with Crippen molar-refractivity contribution in [3.8, 4) is 0 Å². The van der Waals surface area contributed by atoms with Crippen molar-refractivity contribution in [2.24, 2.45) is 10.8 Å². The normalized spacial score (nSPS) is 18.6. The maximum Gasteiger partial charge on any atom is 0.232 e. The second-order valence-corrected chi connectivity index (χ2v) is 6.44. The van der Waals surface area contributed by atoms with Crippen molar-refractivity contribution >= 4 is 11.6 Å². The Kier molecular flexibility index (Phi) is 3.17. The number of ketones is 2. The molecule has 0 aromatic heterocycles. The molecule has 0 aromatic carbocycles. The fourth-order valence-electron chi connectivity index (χ4n) is 1.83. The van der Waals surface area contributed by atoms with Crippen molar-refractivity contribution in [1.82, 2.24) is 0 Å². The summed E-state index contributed by atoms with van der Waals surface area (Å²) in [4.78, 5) is 23.4. The van der Waals surface area contributed by atoms with E-state index in [-0.39, 0.29) is 5.57 Å². The summed E-state index contributed by atoms with van der Waals surface area (Å²) in [6.07, 6.45) is 1.13. The Hall–Kier alpha value is -1.25. The van der Waals surface area contributed by atoms with Gasteiger partial charge in [0.05, 0.1) is 0 Å². The minimum atomic E-state index is -0.719. The maximum atomic E-state index is 14.4. The molecule has 0 saturated carbocycles. The van der Waals surface area contributed by atoms with Crippen LogP contribution in [0.3, 0.4) is 0 Å². The van der Waals surface area contributed by atoms with Crippen LogP contribution >= 0.6 is 0 Å². The van der Waals surface area contributed by atoms with Gasteiger partial charge >= 0.3 is 0 Å². The Morgan fingerprint density at radius 1 is 0.941 bits per heavy atom. The molecule has 0 radical (unpaired) electrons. The molecular weight excluding hydrogens is 219 g/mol. The molecule has 17 heavy (non-hydrogen) atoms. The first-order valence-corrected chi connectivity index (χ1v) is 5.67. The summed E-state index contributed by atoms with van der Waals surface area (Å²) in [5.41, 5.74) is -0.847. The molecule has 0 bridgehead atoms. The van der Waals surface area contributed by atoms with E-state index in [1.165, 1.54) is 0 Å². The number of hydrogen-bond acceptors (Lipinski definition) is 2. The van der Waals surface area contributed by atoms with Crippen LogP contribution in [0.15, 0.2) is 23.0 Å². The third-order valence-electron chi connectivity index (χ3n) is 2.74. The predicted octanol–water partition coefficient (Wildman–Crippen LogP) is 3.38. The lowest BCUT2D eigenvalue weighted by atomic mass is 9.74. The van der Waals surface area contributed by atoms with Crippen molar-refractivity contribution in [1.29, 1.82) is 0 Å². The van der Waals surface area contributed by atoms with Crippen LogP contribution in [-0.2, 0) is 9.59 Å². The fraction of sp³-hybridized carbons (Fsp3) is 0.571. The van der Waals surface area contributed by atoms with E-state index < -0.39 is 28.2 Å². The van der Waals surface area contributed by atoms with Crippen molar-refractivity contribution < 1.29 is 14.0 Å². The largest absolute Gasteiger partial charge is 0.286 e. The molecule has 0 aliphatic heterocycles. The van der Waals surface area contributed by atoms with Crippen LogP contribution in [0, 0.1) is 10.8 Å². The van der Waals surface area contributed by atoms with Gasteiger partial charge in [-0.3, -0.25) is 9.59 Å². The predicted molar refractivity (Wildman–Crippen MR) is 65.1 cm³/mol. The Balaban J connectivity index is 3.49. The van der Waals surface area contributed by atoms with Crippen molar-refractivity contribution in [2.75, 3.05) is 0 Å². The number of carbonyl (C=O) groups excluding carboxylic acids is 2. The number of allylic oxidation sites excluding steroid dienone is 4. The summed E-state index contributed by atoms with van der Waals surface area (Å²) in [5.74, 6) is -1.88. The van der Waals surface area contributed by atoms with Gasteiger partial charge in [-0.05, 0) is 22.5 Å². The highest BCUT2D eigenvalue weighted by Gasteiger charge is 2.38. The smallest absolute Gasteiger partial charge is 0.232 e. The average molecular weight is 238 g/mol. The van der Waals surface area contributed by atoms with E-state index >= 15 is 0 Å². The summed E-state index contributed by atoms with van der Waals surface area (Å²) in [6.45, 7) is 10.7. The molecular formula is C14H19FO2. The first kappa shape index (κ1) is 13.8. The zero-order valence-corrected chi connectivity index (χ0v) is 11.3. The molecule has 1 aliphatic carbocycles. The number of rotatable bonds is 0. The molecule has 94 valence electrons. The van der Waals surface area contributed by atoms with Gasteiger partial charge in [-0.25, -0.2) is 4.39 Å². The first-order chi connectivity index (χ1) is 7.46. The van der Waals surface area contributed by atoms with Crippen molar-refractivity contribution in [3.63, 3.8) is 0 Å². The zero-order chi connectivity index (χ0) is 13.6. The molecule has 0 aromatic rings. The second kappa shape index (κ2) is 3.90. The van der Waals surface area contributed by atoms with Crippen LogP contribution in [0.2, 0.25) is 0 Å². The molecule has 0 spiro atoms. The molecule has 0 N–H and O–H groups in total. The van der Waals surface area contributed by atoms with E-state index in [0.717, 1.165) is 6.08 Å². The number of halogens is 1. The highest BCUT2D eigenvalue weighted by Crippen LogP contribution is 2.41. The van der Waals surface area contributed by atoms with E-state index in [0.29, 0.717) is 5.57 Å². The zero-order valence-electron chi connectivity index (χ0n) is 11.3. The van der Waals surface area contributed by atoms with Crippen LogP contribution < -0.4 is 0 Å². The van der Waals surface area contributed by atoms with Gasteiger partial charge in [-0.2, -0.15) is 0 Å². The Morgan fingerprint density at radius 2 is 1.41 bits per heavy atom. The van der Waals surface area contributed by atoms with Crippen LogP contribution in [0.5, 0.6) is 0 Å². The SMILES string of the molecule is CC(C)(C)C1=CC(=O)C(=O)C(C(C)(C)C)=C1F. The van der Waals surface area contributed by atoms with E-state index in [2.05, 4.69) is 0 Å². The summed E-state index contributed by atoms with van der Waals surface area (Å²) in [7, 11) is 0. The molecule has 3 heteroatoms. The molecule has 0 heterocycles. The molecule has 0 unspecified atom stereocenters. The topological polar surface area (TPSA) is 34.1 Å². The lowest BCUT2D eigenvalue weighted by molar-refractivity contribution is -0.132. The van der Waals surface area contributed by atoms with Gasteiger partial charge in [-0.15, -0.1) is 0 Å². The van der Waals surface area contributed by atoms with E-state index in [9.17, 15) is 14.0 Å². The van der Waals surface area contributed by atoms with E-state index in [1.807, 2.05) is 20.8 Å². The third-order valence-corrected chi connectivity index (χ3v) is 2.74. The number of carbonyl (C=O) groups is 2. The van der Waals surface area contributed by atoms with Gasteiger partial charge in [0.15, 0.2) is 0 Å². The molecule has 0 saturated heterocycles. The third kappa shape index (κ3) is 2.54. The number of Topliss-reactive ketones (excluding diaryl/α,β-unsaturated/α-hetero) is 1. The monoisotopic (exact) mass is 238 g/mol. The lowest BCUT2D eigenvalue weighted by Crippen LogP contribution is -2.30. The quantitative estimate of drug-likeness (QED) is 0.479. The number of hydrogen-bond donors (Lipinski definition) is 0. The molecule has 1 rings (SSSR count). The van der Waals surface area contributed by atoms with Gasteiger partial charge in [0.2, 0.25) is 11.6 Å². The standard InChI is InChI=1S/C14H19FO2/c1-13(2,3)8-7-9(16)12(17)10(11(8)15)14(4,5)6/h7H,1-6H3. The van der Waals surface area contributed by atoms with Crippen LogP contribution in [0.1, 0.15) is 41.5 Å². The lowest BCUT2D eigenvalue weighted by Gasteiger charge is -2.30. The minimum Gasteiger partial charge on any atom is -0.286 e.